The van der Waals surface area contributed by atoms with Gasteiger partial charge in [-0.25, -0.2) is 0 Å². The first-order valence-corrected chi connectivity index (χ1v) is 6.42. The second-order valence-corrected chi connectivity index (χ2v) is 5.75. The maximum atomic E-state index is 2.76. The lowest BCUT2D eigenvalue weighted by atomic mass is 9.77. The predicted octanol–water partition coefficient (Wildman–Crippen LogP) is 3.15. The summed E-state index contributed by atoms with van der Waals surface area (Å²) in [6, 6.07) is 0.963. The minimum atomic E-state index is 0.883. The van der Waals surface area contributed by atoms with Gasteiger partial charge in [0.25, 0.3) is 0 Å². The van der Waals surface area contributed by atoms with E-state index < -0.39 is 0 Å². The molecule has 1 heterocycles. The predicted molar refractivity (Wildman–Crippen MR) is 61.3 cm³/mol. The Morgan fingerprint density at radius 3 is 2.29 bits per heavy atom. The summed E-state index contributed by atoms with van der Waals surface area (Å²) in [7, 11) is 0. The van der Waals surface area contributed by atoms with Crippen LogP contribution in [0.25, 0.3) is 0 Å². The smallest absolute Gasteiger partial charge is 0.00953 e. The van der Waals surface area contributed by atoms with Crippen molar-refractivity contribution in [2.45, 2.75) is 52.5 Å². The van der Waals surface area contributed by atoms with Crippen LogP contribution in [0.4, 0.5) is 0 Å². The summed E-state index contributed by atoms with van der Waals surface area (Å²) in [5.41, 5.74) is 0. The summed E-state index contributed by atoms with van der Waals surface area (Å²) in [6.45, 7) is 9.97. The van der Waals surface area contributed by atoms with Crippen LogP contribution in [0.15, 0.2) is 0 Å². The van der Waals surface area contributed by atoms with Gasteiger partial charge in [0.2, 0.25) is 0 Å². The van der Waals surface area contributed by atoms with Crippen LogP contribution in [0.3, 0.4) is 0 Å². The van der Waals surface area contributed by atoms with E-state index in [1.807, 2.05) is 0 Å². The van der Waals surface area contributed by atoms with Crippen molar-refractivity contribution < 1.29 is 0 Å². The molecule has 1 aliphatic heterocycles. The van der Waals surface area contributed by atoms with E-state index in [0.29, 0.717) is 0 Å². The van der Waals surface area contributed by atoms with E-state index in [2.05, 4.69) is 25.7 Å². The van der Waals surface area contributed by atoms with Gasteiger partial charge >= 0.3 is 0 Å². The molecule has 82 valence electrons. The Kier molecular flexibility index (Phi) is 3.16. The maximum absolute atomic E-state index is 2.76. The molecule has 14 heavy (non-hydrogen) atoms. The molecule has 2 fully saturated rings. The van der Waals surface area contributed by atoms with Crippen molar-refractivity contribution >= 4 is 0 Å². The van der Waals surface area contributed by atoms with Crippen LogP contribution in [0.1, 0.15) is 46.5 Å². The molecule has 0 aromatic heterocycles. The molecule has 1 saturated carbocycles. The van der Waals surface area contributed by atoms with Gasteiger partial charge in [-0.15, -0.1) is 0 Å². The molecule has 1 nitrogen and oxygen atoms in total. The molecule has 2 atom stereocenters. The third-order valence-electron chi connectivity index (χ3n) is 4.45. The number of hydrogen-bond acceptors (Lipinski definition) is 1. The van der Waals surface area contributed by atoms with Crippen molar-refractivity contribution in [3.8, 4) is 0 Å². The first-order chi connectivity index (χ1) is 6.68. The van der Waals surface area contributed by atoms with E-state index in [9.17, 15) is 0 Å². The monoisotopic (exact) mass is 195 g/mol. The first kappa shape index (κ1) is 10.5. The number of piperidine rings is 1. The lowest BCUT2D eigenvalue weighted by Crippen LogP contribution is -2.48. The van der Waals surface area contributed by atoms with E-state index in [1.165, 1.54) is 38.8 Å². The van der Waals surface area contributed by atoms with Crippen LogP contribution in [0.5, 0.6) is 0 Å². The molecule has 0 aromatic carbocycles. The van der Waals surface area contributed by atoms with Crippen molar-refractivity contribution in [2.75, 3.05) is 13.1 Å². The topological polar surface area (TPSA) is 3.24 Å². The van der Waals surface area contributed by atoms with Crippen molar-refractivity contribution in [3.63, 3.8) is 0 Å². The highest BCUT2D eigenvalue weighted by Crippen LogP contribution is 2.34. The molecule has 2 rings (SSSR count). The molecule has 1 heteroatoms. The normalized spacial score (nSPS) is 36.0. The molecule has 2 unspecified atom stereocenters. The number of hydrogen-bond donors (Lipinski definition) is 0. The fraction of sp³-hybridized carbons (Fsp3) is 1.00. The summed E-state index contributed by atoms with van der Waals surface area (Å²) in [6.07, 6.45) is 5.86. The molecular weight excluding hydrogens is 170 g/mol. The van der Waals surface area contributed by atoms with Crippen molar-refractivity contribution in [3.05, 3.63) is 0 Å². The fourth-order valence-corrected chi connectivity index (χ4v) is 3.27. The molecule has 2 aliphatic rings. The molecular formula is C13H25N. The average molecular weight is 195 g/mol. The molecule has 0 N–H and O–H groups in total. The van der Waals surface area contributed by atoms with Gasteiger partial charge in [-0.2, -0.15) is 0 Å². The highest BCUT2D eigenvalue weighted by atomic mass is 15.2. The maximum Gasteiger partial charge on any atom is 0.00953 e. The second kappa shape index (κ2) is 4.22. The lowest BCUT2D eigenvalue weighted by molar-refractivity contribution is 0.0392. The largest absolute Gasteiger partial charge is 0.300 e. The van der Waals surface area contributed by atoms with E-state index in [-0.39, 0.29) is 0 Å². The van der Waals surface area contributed by atoms with Gasteiger partial charge in [0.05, 0.1) is 0 Å². The number of likely N-dealkylation sites (tertiary alicyclic amines) is 1. The molecule has 0 amide bonds. The lowest BCUT2D eigenvalue weighted by Gasteiger charge is -2.45. The van der Waals surface area contributed by atoms with Crippen LogP contribution in [-0.2, 0) is 0 Å². The Hall–Kier alpha value is -0.0400. The summed E-state index contributed by atoms with van der Waals surface area (Å²) in [5, 5.41) is 0. The minimum Gasteiger partial charge on any atom is -0.300 e. The summed E-state index contributed by atoms with van der Waals surface area (Å²) >= 11 is 0. The van der Waals surface area contributed by atoms with Crippen LogP contribution in [0, 0.1) is 17.8 Å². The summed E-state index contributed by atoms with van der Waals surface area (Å²) < 4.78 is 0. The second-order valence-electron chi connectivity index (χ2n) is 5.75. The number of rotatable bonds is 2. The third kappa shape index (κ3) is 1.98. The zero-order valence-electron chi connectivity index (χ0n) is 10.00. The van der Waals surface area contributed by atoms with Gasteiger partial charge in [0, 0.05) is 12.6 Å². The van der Waals surface area contributed by atoms with Crippen LogP contribution >= 0.6 is 0 Å². The minimum absolute atomic E-state index is 0.883. The van der Waals surface area contributed by atoms with E-state index >= 15 is 0 Å². The molecule has 1 saturated heterocycles. The molecule has 0 aromatic rings. The molecule has 0 radical (unpaired) electrons. The Morgan fingerprint density at radius 2 is 1.86 bits per heavy atom. The van der Waals surface area contributed by atoms with Gasteiger partial charge in [0.1, 0.15) is 0 Å². The Balaban J connectivity index is 1.85. The zero-order chi connectivity index (χ0) is 10.1. The third-order valence-corrected chi connectivity index (χ3v) is 4.45. The Labute approximate surface area is 88.9 Å². The zero-order valence-corrected chi connectivity index (χ0v) is 10.00. The fourth-order valence-electron chi connectivity index (χ4n) is 3.27. The van der Waals surface area contributed by atoms with E-state index in [1.54, 1.807) is 0 Å². The SMILES string of the molecule is CC(C)C1CCN(C2CCC2)CC1C. The van der Waals surface area contributed by atoms with Gasteiger partial charge in [-0.3, -0.25) is 0 Å². The first-order valence-electron chi connectivity index (χ1n) is 6.42. The quantitative estimate of drug-likeness (QED) is 0.654. The Morgan fingerprint density at radius 1 is 1.14 bits per heavy atom. The molecule has 0 spiro atoms. The van der Waals surface area contributed by atoms with E-state index in [4.69, 9.17) is 0 Å². The highest BCUT2D eigenvalue weighted by Gasteiger charge is 2.33. The van der Waals surface area contributed by atoms with Gasteiger partial charge in [0.15, 0.2) is 0 Å². The van der Waals surface area contributed by atoms with Crippen LogP contribution in [0.2, 0.25) is 0 Å². The Bertz CT molecular complexity index is 184. The van der Waals surface area contributed by atoms with Crippen LogP contribution < -0.4 is 0 Å². The van der Waals surface area contributed by atoms with Gasteiger partial charge in [-0.1, -0.05) is 27.2 Å². The molecule has 0 bridgehead atoms. The van der Waals surface area contributed by atoms with E-state index in [0.717, 1.165) is 23.8 Å². The van der Waals surface area contributed by atoms with Gasteiger partial charge in [-0.05, 0) is 43.6 Å². The number of nitrogens with zero attached hydrogens (tertiary/aromatic N) is 1. The van der Waals surface area contributed by atoms with Crippen molar-refractivity contribution in [1.29, 1.82) is 0 Å². The standard InChI is InChI=1S/C13H25N/c1-10(2)13-7-8-14(9-11(13)3)12-5-4-6-12/h10-13H,4-9H2,1-3H3. The van der Waals surface area contributed by atoms with Crippen molar-refractivity contribution in [2.24, 2.45) is 17.8 Å². The van der Waals surface area contributed by atoms with Crippen LogP contribution in [-0.4, -0.2) is 24.0 Å². The highest BCUT2D eigenvalue weighted by molar-refractivity contribution is 4.86. The molecule has 1 aliphatic carbocycles. The summed E-state index contributed by atoms with van der Waals surface area (Å²) in [4.78, 5) is 2.76. The average Bonchev–Trinajstić information content (AvgIpc) is 2.00. The van der Waals surface area contributed by atoms with Gasteiger partial charge < -0.3 is 4.90 Å². The summed E-state index contributed by atoms with van der Waals surface area (Å²) in [5.74, 6) is 2.78. The van der Waals surface area contributed by atoms with Crippen molar-refractivity contribution in [1.82, 2.24) is 4.90 Å².